The van der Waals surface area contributed by atoms with Crippen molar-refractivity contribution in [1.29, 1.82) is 0 Å². The van der Waals surface area contributed by atoms with Gasteiger partial charge in [-0.2, -0.15) is 0 Å². The van der Waals surface area contributed by atoms with Crippen molar-refractivity contribution in [3.05, 3.63) is 114 Å². The van der Waals surface area contributed by atoms with Gasteiger partial charge in [0, 0.05) is 35.8 Å². The number of H-pyrrole nitrogens is 2. The van der Waals surface area contributed by atoms with Crippen LogP contribution in [0.3, 0.4) is 0 Å². The van der Waals surface area contributed by atoms with Crippen molar-refractivity contribution in [2.45, 2.75) is 75.5 Å². The van der Waals surface area contributed by atoms with Crippen LogP contribution in [0.4, 0.5) is 9.59 Å². The Labute approximate surface area is 358 Å². The van der Waals surface area contributed by atoms with E-state index in [2.05, 4.69) is 38.8 Å². The van der Waals surface area contributed by atoms with E-state index in [1.54, 1.807) is 6.20 Å². The van der Waals surface area contributed by atoms with E-state index in [-0.39, 0.29) is 23.9 Å². The Balaban J connectivity index is 0.908. The van der Waals surface area contributed by atoms with Crippen LogP contribution in [-0.4, -0.2) is 98.1 Å². The molecule has 15 heteroatoms. The number of ether oxygens (including phenoxy) is 2. The number of benzene rings is 2. The van der Waals surface area contributed by atoms with Crippen molar-refractivity contribution >= 4 is 45.8 Å². The van der Waals surface area contributed by atoms with Gasteiger partial charge in [0.05, 0.1) is 54.9 Å². The van der Waals surface area contributed by atoms with Crippen LogP contribution in [0.5, 0.6) is 0 Å². The minimum absolute atomic E-state index is 0.171. The number of alkyl carbamates (subject to hydrolysis) is 2. The predicted octanol–water partition coefficient (Wildman–Crippen LogP) is 7.50. The number of amides is 4. The van der Waals surface area contributed by atoms with E-state index in [0.29, 0.717) is 50.4 Å². The summed E-state index contributed by atoms with van der Waals surface area (Å²) >= 11 is 0. The van der Waals surface area contributed by atoms with Crippen LogP contribution < -0.4 is 10.6 Å². The molecule has 15 nitrogen and oxygen atoms in total. The number of nitrogens with one attached hydrogen (secondary N) is 4. The number of nitrogens with zero attached hydrogens (tertiary/aromatic N) is 5. The second-order valence-electron chi connectivity index (χ2n) is 16.1. The van der Waals surface area contributed by atoms with Crippen molar-refractivity contribution in [2.75, 3.05) is 27.3 Å². The van der Waals surface area contributed by atoms with Crippen LogP contribution in [0.1, 0.15) is 75.1 Å². The molecule has 0 radical (unpaired) electrons. The Morgan fingerprint density at radius 1 is 0.694 bits per heavy atom. The fourth-order valence-corrected chi connectivity index (χ4v) is 9.12. The number of carbonyl (C=O) groups is 4. The number of allylic oxidation sites excluding steroid dienone is 6. The number of carbonyl (C=O) groups excluding carboxylic acids is 4. The van der Waals surface area contributed by atoms with E-state index in [1.807, 2.05) is 76.7 Å². The van der Waals surface area contributed by atoms with E-state index >= 15 is 0 Å². The normalized spacial score (nSPS) is 19.6. The minimum atomic E-state index is -0.809. The number of aromatic nitrogens is 5. The lowest BCUT2D eigenvalue weighted by atomic mass is 9.97. The fourth-order valence-electron chi connectivity index (χ4n) is 9.12. The Morgan fingerprint density at radius 2 is 1.32 bits per heavy atom. The minimum Gasteiger partial charge on any atom is -0.453 e. The summed E-state index contributed by atoms with van der Waals surface area (Å²) in [5.41, 5.74) is 6.84. The maximum absolute atomic E-state index is 14.0. The summed E-state index contributed by atoms with van der Waals surface area (Å²) in [6, 6.07) is 12.1. The molecule has 0 bridgehead atoms. The van der Waals surface area contributed by atoms with Gasteiger partial charge in [-0.15, -0.1) is 0 Å². The summed E-state index contributed by atoms with van der Waals surface area (Å²) < 4.78 is 9.73. The van der Waals surface area contributed by atoms with E-state index < -0.39 is 24.3 Å². The second-order valence-corrected chi connectivity index (χ2v) is 16.1. The van der Waals surface area contributed by atoms with Gasteiger partial charge >= 0.3 is 12.2 Å². The molecule has 4 aliphatic rings. The molecule has 318 valence electrons. The highest BCUT2D eigenvalue weighted by atomic mass is 16.5. The van der Waals surface area contributed by atoms with Gasteiger partial charge in [-0.05, 0) is 92.2 Å². The predicted molar refractivity (Wildman–Crippen MR) is 233 cm³/mol. The van der Waals surface area contributed by atoms with Crippen molar-refractivity contribution in [1.82, 2.24) is 45.4 Å². The smallest absolute Gasteiger partial charge is 0.407 e. The molecule has 2 aliphatic heterocycles. The molecule has 0 unspecified atom stereocenters. The third-order valence-corrected chi connectivity index (χ3v) is 12.3. The zero-order chi connectivity index (χ0) is 42.7. The van der Waals surface area contributed by atoms with E-state index in [0.717, 1.165) is 81.2 Å². The van der Waals surface area contributed by atoms with Gasteiger partial charge in [0.15, 0.2) is 0 Å². The molecule has 3 aromatic heterocycles. The Bertz CT molecular complexity index is 2680. The largest absolute Gasteiger partial charge is 0.453 e. The summed E-state index contributed by atoms with van der Waals surface area (Å²) in [5, 5.41) is 7.52. The van der Waals surface area contributed by atoms with Crippen LogP contribution in [0.15, 0.2) is 102 Å². The molecular formula is C47H49N9O6. The number of pyridine rings is 1. The maximum Gasteiger partial charge on any atom is 0.407 e. The summed E-state index contributed by atoms with van der Waals surface area (Å²) in [7, 11) is 2.59. The molecular weight excluding hydrogens is 787 g/mol. The van der Waals surface area contributed by atoms with Gasteiger partial charge < -0.3 is 39.9 Å². The SMILES string of the molecule is COC(=O)N[C@@H](C(=O)N1CCC[C@H]1c1ncc(-c2ccc3cc(-c4ccc5nc([C@@H]6CCCN6C(=O)[C@H](NC(=O)OC)C6=CCC=CC6)[nH]c5c4)ncc3c2)[nH]1)C1=CCC=CC1. The summed E-state index contributed by atoms with van der Waals surface area (Å²) in [5.74, 6) is 1.07. The molecule has 2 aromatic carbocycles. The van der Waals surface area contributed by atoms with Crippen LogP contribution in [0.25, 0.3) is 44.3 Å². The van der Waals surface area contributed by atoms with Gasteiger partial charge in [0.25, 0.3) is 0 Å². The highest BCUT2D eigenvalue weighted by Gasteiger charge is 2.39. The quantitative estimate of drug-likeness (QED) is 0.103. The Hall–Kier alpha value is -7.03. The topological polar surface area (TPSA) is 188 Å². The molecule has 4 amide bonds. The highest BCUT2D eigenvalue weighted by molar-refractivity contribution is 5.92. The molecule has 4 N–H and O–H groups in total. The number of methoxy groups -OCH3 is 2. The second kappa shape index (κ2) is 17.5. The number of likely N-dealkylation sites (tertiary alicyclic amines) is 2. The lowest BCUT2D eigenvalue weighted by Crippen LogP contribution is -2.49. The average Bonchev–Trinajstić information content (AvgIpc) is 4.16. The fraction of sp³-hybridized carbons (Fsp3) is 0.340. The standard InChI is InChI=1S/C47H49N9O6/c1-61-46(59)53-40(28-11-5-3-6-12-28)44(57)55-21-9-15-38(55)42-49-27-37(52-42)31-18-17-30-24-35(48-26-33(30)23-31)32-19-20-34-36(25-32)51-43(50-34)39-16-10-22-56(39)45(58)41(54-47(60)62-2)29-13-7-4-8-14-29/h3-5,7,12,14,17-20,23-27,38-41H,6,8-11,13,15-16,21-22H2,1-2H3,(H,49,52)(H,50,51)(H,53,59)(H,54,60)/t38-,39-,40+,41+/m0/s1. The molecule has 2 saturated heterocycles. The highest BCUT2D eigenvalue weighted by Crippen LogP contribution is 2.36. The van der Waals surface area contributed by atoms with E-state index in [1.165, 1.54) is 14.2 Å². The lowest BCUT2D eigenvalue weighted by molar-refractivity contribution is -0.134. The van der Waals surface area contributed by atoms with E-state index in [4.69, 9.17) is 24.4 Å². The summed E-state index contributed by atoms with van der Waals surface area (Å²) in [6.45, 7) is 1.13. The first-order valence-electron chi connectivity index (χ1n) is 21.2. The lowest BCUT2D eigenvalue weighted by Gasteiger charge is -2.29. The van der Waals surface area contributed by atoms with Gasteiger partial charge in [0.2, 0.25) is 11.8 Å². The monoisotopic (exact) mass is 835 g/mol. The van der Waals surface area contributed by atoms with Crippen LogP contribution >= 0.6 is 0 Å². The number of fused-ring (bicyclic) bond motifs is 2. The van der Waals surface area contributed by atoms with Crippen LogP contribution in [0, 0.1) is 0 Å². The van der Waals surface area contributed by atoms with Crippen molar-refractivity contribution in [3.8, 4) is 22.5 Å². The van der Waals surface area contributed by atoms with Gasteiger partial charge in [-0.25, -0.2) is 19.6 Å². The zero-order valence-electron chi connectivity index (χ0n) is 34.7. The zero-order valence-corrected chi connectivity index (χ0v) is 34.7. The summed E-state index contributed by atoms with van der Waals surface area (Å²) in [4.78, 5) is 77.7. The van der Waals surface area contributed by atoms with E-state index in [9.17, 15) is 19.2 Å². The van der Waals surface area contributed by atoms with Crippen molar-refractivity contribution in [3.63, 3.8) is 0 Å². The van der Waals surface area contributed by atoms with Crippen molar-refractivity contribution in [2.24, 2.45) is 0 Å². The molecule has 5 aromatic rings. The van der Waals surface area contributed by atoms with Gasteiger partial charge in [0.1, 0.15) is 23.7 Å². The van der Waals surface area contributed by atoms with Gasteiger partial charge in [-0.1, -0.05) is 54.7 Å². The molecule has 2 aliphatic carbocycles. The molecule has 0 saturated carbocycles. The molecule has 2 fully saturated rings. The first-order chi connectivity index (χ1) is 30.3. The third kappa shape index (κ3) is 8.09. The molecule has 4 atom stereocenters. The molecule has 0 spiro atoms. The van der Waals surface area contributed by atoms with Crippen molar-refractivity contribution < 1.29 is 28.7 Å². The molecule has 9 rings (SSSR count). The van der Waals surface area contributed by atoms with Crippen LogP contribution in [0.2, 0.25) is 0 Å². The number of aromatic amines is 2. The first-order valence-corrected chi connectivity index (χ1v) is 21.2. The Kier molecular flexibility index (Phi) is 11.4. The molecule has 62 heavy (non-hydrogen) atoms. The number of hydrogen-bond donors (Lipinski definition) is 4. The summed E-state index contributed by atoms with van der Waals surface area (Å²) in [6.07, 6.45) is 20.2. The number of hydrogen-bond acceptors (Lipinski definition) is 9. The first kappa shape index (κ1) is 40.4. The molecule has 5 heterocycles. The number of imidazole rings is 2. The van der Waals surface area contributed by atoms with Crippen LogP contribution in [-0.2, 0) is 19.1 Å². The number of rotatable bonds is 10. The third-order valence-electron chi connectivity index (χ3n) is 12.3. The van der Waals surface area contributed by atoms with Gasteiger partial charge in [-0.3, -0.25) is 14.6 Å². The maximum atomic E-state index is 14.0. The Morgan fingerprint density at radius 3 is 1.94 bits per heavy atom. The average molecular weight is 836 g/mol.